The van der Waals surface area contributed by atoms with E-state index in [-0.39, 0.29) is 23.7 Å². The molecule has 0 radical (unpaired) electrons. The average molecular weight is 383 g/mol. The van der Waals surface area contributed by atoms with Gasteiger partial charge >= 0.3 is 0 Å². The first-order valence-electron chi connectivity index (χ1n) is 10.1. The zero-order chi connectivity index (χ0) is 19.9. The van der Waals surface area contributed by atoms with Crippen molar-refractivity contribution in [2.75, 3.05) is 13.7 Å². The van der Waals surface area contributed by atoms with Crippen LogP contribution in [-0.2, 0) is 16.1 Å². The SMILES string of the molecule is CCCCCC1C(=O)C(=O)N(CCCn2ccnc2)C1c1ccc(OC)cc1. The van der Waals surface area contributed by atoms with Crippen molar-refractivity contribution in [3.05, 3.63) is 48.5 Å². The van der Waals surface area contributed by atoms with E-state index in [4.69, 9.17) is 4.74 Å². The Hall–Kier alpha value is -2.63. The first-order chi connectivity index (χ1) is 13.7. The molecule has 6 heteroatoms. The third-order valence-corrected chi connectivity index (χ3v) is 5.48. The summed E-state index contributed by atoms with van der Waals surface area (Å²) < 4.78 is 7.25. The van der Waals surface area contributed by atoms with Gasteiger partial charge in [0.05, 0.1) is 25.4 Å². The van der Waals surface area contributed by atoms with Gasteiger partial charge in [0.1, 0.15) is 5.75 Å². The highest BCUT2D eigenvalue weighted by molar-refractivity contribution is 6.39. The monoisotopic (exact) mass is 383 g/mol. The lowest BCUT2D eigenvalue weighted by molar-refractivity contribution is -0.141. The minimum absolute atomic E-state index is 0.189. The molecule has 1 saturated heterocycles. The quantitative estimate of drug-likeness (QED) is 0.464. The molecule has 0 saturated carbocycles. The predicted molar refractivity (Wildman–Crippen MR) is 107 cm³/mol. The highest BCUT2D eigenvalue weighted by Crippen LogP contribution is 2.39. The highest BCUT2D eigenvalue weighted by atomic mass is 16.5. The average Bonchev–Trinajstić information content (AvgIpc) is 3.31. The summed E-state index contributed by atoms with van der Waals surface area (Å²) in [4.78, 5) is 31.4. The second-order valence-electron chi connectivity index (χ2n) is 7.34. The van der Waals surface area contributed by atoms with E-state index in [1.54, 1.807) is 24.5 Å². The summed E-state index contributed by atoms with van der Waals surface area (Å²) in [5.74, 6) is -0.0678. The van der Waals surface area contributed by atoms with Crippen molar-refractivity contribution in [2.45, 2.75) is 51.6 Å². The molecule has 0 spiro atoms. The number of aromatic nitrogens is 2. The predicted octanol–water partition coefficient (Wildman–Crippen LogP) is 3.63. The van der Waals surface area contributed by atoms with Crippen LogP contribution in [0.2, 0.25) is 0 Å². The van der Waals surface area contributed by atoms with Crippen molar-refractivity contribution >= 4 is 11.7 Å². The molecular formula is C22H29N3O3. The van der Waals surface area contributed by atoms with Gasteiger partial charge in [-0.05, 0) is 30.5 Å². The number of carbonyl (C=O) groups excluding carboxylic acids is 2. The molecule has 2 heterocycles. The number of hydrogen-bond acceptors (Lipinski definition) is 4. The summed E-state index contributed by atoms with van der Waals surface area (Å²) in [7, 11) is 1.63. The largest absolute Gasteiger partial charge is 0.497 e. The Kier molecular flexibility index (Phi) is 6.85. The van der Waals surface area contributed by atoms with E-state index in [1.807, 2.05) is 35.0 Å². The van der Waals surface area contributed by atoms with Crippen LogP contribution in [0.1, 0.15) is 50.6 Å². The van der Waals surface area contributed by atoms with Gasteiger partial charge in [-0.2, -0.15) is 0 Å². The molecule has 1 fully saturated rings. The number of carbonyl (C=O) groups is 2. The molecule has 1 aromatic carbocycles. The van der Waals surface area contributed by atoms with Crippen molar-refractivity contribution < 1.29 is 14.3 Å². The number of methoxy groups -OCH3 is 1. The van der Waals surface area contributed by atoms with Gasteiger partial charge in [-0.3, -0.25) is 9.59 Å². The Morgan fingerprint density at radius 3 is 2.50 bits per heavy atom. The van der Waals surface area contributed by atoms with Crippen LogP contribution in [0.15, 0.2) is 43.0 Å². The van der Waals surface area contributed by atoms with Crippen LogP contribution >= 0.6 is 0 Å². The van der Waals surface area contributed by atoms with Gasteiger partial charge in [-0.15, -0.1) is 0 Å². The molecule has 0 N–H and O–H groups in total. The number of hydrogen-bond donors (Lipinski definition) is 0. The molecule has 2 unspecified atom stereocenters. The summed E-state index contributed by atoms with van der Waals surface area (Å²) in [6, 6.07) is 7.56. The van der Waals surface area contributed by atoms with Gasteiger partial charge in [-0.1, -0.05) is 38.3 Å². The smallest absolute Gasteiger partial charge is 0.290 e. The zero-order valence-electron chi connectivity index (χ0n) is 16.7. The van der Waals surface area contributed by atoms with E-state index < -0.39 is 0 Å². The fourth-order valence-electron chi connectivity index (χ4n) is 3.99. The summed E-state index contributed by atoms with van der Waals surface area (Å²) in [5, 5.41) is 0. The number of rotatable bonds is 10. The third-order valence-electron chi connectivity index (χ3n) is 5.48. The number of benzene rings is 1. The van der Waals surface area contributed by atoms with Gasteiger partial charge in [-0.25, -0.2) is 4.98 Å². The zero-order valence-corrected chi connectivity index (χ0v) is 16.7. The van der Waals surface area contributed by atoms with Crippen LogP contribution in [0.3, 0.4) is 0 Å². The van der Waals surface area contributed by atoms with E-state index in [0.717, 1.165) is 50.0 Å². The molecule has 150 valence electrons. The molecule has 1 aliphatic rings. The Balaban J connectivity index is 1.78. The number of ketones is 1. The molecule has 1 aromatic heterocycles. The number of unbranched alkanes of at least 4 members (excludes halogenated alkanes) is 2. The lowest BCUT2D eigenvalue weighted by Crippen LogP contribution is -2.31. The minimum atomic E-state index is -0.340. The Morgan fingerprint density at radius 1 is 1.07 bits per heavy atom. The molecule has 3 rings (SSSR count). The number of aryl methyl sites for hydroxylation is 1. The van der Waals surface area contributed by atoms with Crippen LogP contribution in [0.5, 0.6) is 5.75 Å². The van der Waals surface area contributed by atoms with Crippen molar-refractivity contribution in [1.82, 2.24) is 14.5 Å². The van der Waals surface area contributed by atoms with Crippen molar-refractivity contribution in [1.29, 1.82) is 0 Å². The maximum absolute atomic E-state index is 12.8. The molecule has 1 aliphatic heterocycles. The number of ether oxygens (including phenoxy) is 1. The molecule has 2 aromatic rings. The van der Waals surface area contributed by atoms with Crippen LogP contribution in [0.25, 0.3) is 0 Å². The van der Waals surface area contributed by atoms with Crippen molar-refractivity contribution in [3.8, 4) is 5.75 Å². The first kappa shape index (κ1) is 20.1. The number of nitrogens with zero attached hydrogens (tertiary/aromatic N) is 3. The number of Topliss-reactive ketones (excluding diaryl/α,β-unsaturated/α-hetero) is 1. The molecule has 28 heavy (non-hydrogen) atoms. The van der Waals surface area contributed by atoms with E-state index in [9.17, 15) is 9.59 Å². The van der Waals surface area contributed by atoms with Crippen LogP contribution in [0, 0.1) is 5.92 Å². The third kappa shape index (κ3) is 4.43. The maximum Gasteiger partial charge on any atom is 0.290 e. The van der Waals surface area contributed by atoms with E-state index >= 15 is 0 Å². The summed E-state index contributed by atoms with van der Waals surface area (Å²) in [6.45, 7) is 3.47. The summed E-state index contributed by atoms with van der Waals surface area (Å²) >= 11 is 0. The fraction of sp³-hybridized carbons (Fsp3) is 0.500. The standard InChI is InChI=1S/C22H29N3O3/c1-3-4-5-7-19-20(17-8-10-18(28-2)11-9-17)25(22(27)21(19)26)14-6-13-24-15-12-23-16-24/h8-12,15-16,19-20H,3-7,13-14H2,1-2H3. The highest BCUT2D eigenvalue weighted by Gasteiger charge is 2.46. The first-order valence-corrected chi connectivity index (χ1v) is 10.1. The van der Waals surface area contributed by atoms with E-state index in [0.29, 0.717) is 6.54 Å². The topological polar surface area (TPSA) is 64.4 Å². The molecule has 2 atom stereocenters. The minimum Gasteiger partial charge on any atom is -0.497 e. The second-order valence-corrected chi connectivity index (χ2v) is 7.34. The molecule has 6 nitrogen and oxygen atoms in total. The van der Waals surface area contributed by atoms with Crippen LogP contribution < -0.4 is 4.74 Å². The molecule has 0 bridgehead atoms. The van der Waals surface area contributed by atoms with Crippen molar-refractivity contribution in [3.63, 3.8) is 0 Å². The normalized spacial score (nSPS) is 19.4. The van der Waals surface area contributed by atoms with Gasteiger partial charge in [0, 0.05) is 25.5 Å². The van der Waals surface area contributed by atoms with Crippen LogP contribution in [-0.4, -0.2) is 39.8 Å². The molecule has 1 amide bonds. The van der Waals surface area contributed by atoms with E-state index in [1.165, 1.54) is 0 Å². The maximum atomic E-state index is 12.8. The number of likely N-dealkylation sites (tertiary alicyclic amines) is 1. The Labute approximate surface area is 166 Å². The molecule has 0 aliphatic carbocycles. The van der Waals surface area contributed by atoms with Crippen molar-refractivity contribution in [2.24, 2.45) is 5.92 Å². The second kappa shape index (κ2) is 9.53. The lowest BCUT2D eigenvalue weighted by atomic mass is 9.88. The van der Waals surface area contributed by atoms with E-state index in [2.05, 4.69) is 11.9 Å². The van der Waals surface area contributed by atoms with Gasteiger partial charge in [0.15, 0.2) is 0 Å². The number of imidazole rings is 1. The van der Waals surface area contributed by atoms with Gasteiger partial charge < -0.3 is 14.2 Å². The summed E-state index contributed by atoms with van der Waals surface area (Å²) in [5.41, 5.74) is 1.00. The van der Waals surface area contributed by atoms with Gasteiger partial charge in [0.2, 0.25) is 5.78 Å². The fourth-order valence-corrected chi connectivity index (χ4v) is 3.99. The summed E-state index contributed by atoms with van der Waals surface area (Å²) in [6.07, 6.45) is 10.1. The van der Waals surface area contributed by atoms with Gasteiger partial charge in [0.25, 0.3) is 5.91 Å². The molecular weight excluding hydrogens is 354 g/mol. The van der Waals surface area contributed by atoms with Crippen LogP contribution in [0.4, 0.5) is 0 Å². The Morgan fingerprint density at radius 2 is 1.86 bits per heavy atom. The lowest BCUT2D eigenvalue weighted by Gasteiger charge is -2.28. The Bertz CT molecular complexity index is 771. The number of amides is 1.